The van der Waals surface area contributed by atoms with Gasteiger partial charge in [-0.25, -0.2) is 14.8 Å². The number of amides is 1. The molecular weight excluding hydrogens is 654 g/mol. The zero-order valence-corrected chi connectivity index (χ0v) is 30.8. The Bertz CT molecular complexity index is 2140. The topological polar surface area (TPSA) is 109 Å². The molecule has 3 fully saturated rings. The monoisotopic (exact) mass is 703 g/mol. The number of piperidine rings is 1. The number of fused-ring (bicyclic) bond motifs is 2. The largest absolute Gasteiger partial charge is 0.444 e. The molecule has 8 rings (SSSR count). The number of nitrogens with one attached hydrogen (secondary N) is 1. The van der Waals surface area contributed by atoms with Crippen LogP contribution in [0.25, 0.3) is 32.9 Å². The quantitative estimate of drug-likeness (QED) is 0.201. The molecule has 11 nitrogen and oxygen atoms in total. The second kappa shape index (κ2) is 13.7. The summed E-state index contributed by atoms with van der Waals surface area (Å²) in [7, 11) is 1.79. The average Bonchev–Trinajstić information content (AvgIpc) is 3.83. The SMILES string of the molecule is CC1CN(C(=O)OC(C)(C)C)CCN1C1CCN(c2nc(C(OC3CC3)c3ccccc3)c3cc(-c4cn(C)c(=O)c5[nH]ccc45)ccc3n2)CC1. The zero-order chi connectivity index (χ0) is 36.1. The average molecular weight is 704 g/mol. The number of aromatic amines is 1. The van der Waals surface area contributed by atoms with Crippen LogP contribution in [-0.4, -0.2) is 91.9 Å². The molecule has 0 bridgehead atoms. The van der Waals surface area contributed by atoms with E-state index in [9.17, 15) is 9.59 Å². The lowest BCUT2D eigenvalue weighted by Crippen LogP contribution is -2.59. The maximum atomic E-state index is 12.9. The highest BCUT2D eigenvalue weighted by Gasteiger charge is 2.36. The number of benzene rings is 2. The van der Waals surface area contributed by atoms with Crippen LogP contribution in [0.5, 0.6) is 0 Å². The van der Waals surface area contributed by atoms with Crippen molar-refractivity contribution in [1.29, 1.82) is 0 Å². The van der Waals surface area contributed by atoms with Gasteiger partial charge >= 0.3 is 6.09 Å². The lowest BCUT2D eigenvalue weighted by atomic mass is 9.97. The van der Waals surface area contributed by atoms with E-state index in [0.717, 1.165) is 89.9 Å². The molecule has 1 saturated carbocycles. The number of rotatable bonds is 7. The molecule has 2 unspecified atom stereocenters. The maximum absolute atomic E-state index is 12.9. The summed E-state index contributed by atoms with van der Waals surface area (Å²) in [6.07, 6.45) is 7.44. The second-order valence-corrected chi connectivity index (χ2v) is 15.7. The van der Waals surface area contributed by atoms with Crippen molar-refractivity contribution in [2.24, 2.45) is 7.05 Å². The van der Waals surface area contributed by atoms with E-state index < -0.39 is 5.60 Å². The van der Waals surface area contributed by atoms with Crippen LogP contribution in [0.1, 0.15) is 70.7 Å². The molecule has 52 heavy (non-hydrogen) atoms. The molecule has 3 aromatic heterocycles. The first-order valence-corrected chi connectivity index (χ1v) is 18.7. The summed E-state index contributed by atoms with van der Waals surface area (Å²) < 4.78 is 14.1. The minimum Gasteiger partial charge on any atom is -0.444 e. The Morgan fingerprint density at radius 1 is 0.942 bits per heavy atom. The third kappa shape index (κ3) is 6.91. The molecule has 3 aliphatic rings. The predicted octanol–water partition coefficient (Wildman–Crippen LogP) is 6.66. The van der Waals surface area contributed by atoms with Gasteiger partial charge in [-0.3, -0.25) is 9.69 Å². The third-order valence-corrected chi connectivity index (χ3v) is 10.7. The van der Waals surface area contributed by atoms with Gasteiger partial charge in [0, 0.05) is 80.6 Å². The molecule has 2 saturated heterocycles. The van der Waals surface area contributed by atoms with Crippen LogP contribution in [-0.2, 0) is 16.5 Å². The van der Waals surface area contributed by atoms with Gasteiger partial charge in [-0.2, -0.15) is 0 Å². The number of aromatic nitrogens is 4. The van der Waals surface area contributed by atoms with Gasteiger partial charge in [0.1, 0.15) is 17.2 Å². The molecule has 272 valence electrons. The fraction of sp³-hybridized carbons (Fsp3) is 0.463. The molecule has 1 N–H and O–H groups in total. The Morgan fingerprint density at radius 2 is 1.71 bits per heavy atom. The number of aryl methyl sites for hydroxylation is 1. The van der Waals surface area contributed by atoms with Crippen molar-refractivity contribution in [3.05, 3.63) is 88.6 Å². The second-order valence-electron chi connectivity index (χ2n) is 15.7. The Hall–Kier alpha value is -4.74. The van der Waals surface area contributed by atoms with Gasteiger partial charge in [0.15, 0.2) is 0 Å². The van der Waals surface area contributed by atoms with Crippen LogP contribution in [0.15, 0.2) is 71.8 Å². The van der Waals surface area contributed by atoms with E-state index in [1.807, 2.05) is 50.2 Å². The Morgan fingerprint density at radius 3 is 2.42 bits per heavy atom. The smallest absolute Gasteiger partial charge is 0.410 e. The van der Waals surface area contributed by atoms with Crippen LogP contribution in [0.3, 0.4) is 0 Å². The summed E-state index contributed by atoms with van der Waals surface area (Å²) in [5.74, 6) is 0.729. The number of nitrogens with zero attached hydrogens (tertiary/aromatic N) is 6. The standard InChI is InChI=1S/C41H49N7O4/c1-26-24-47(40(50)52-41(2,3)4)21-22-48(26)29-16-19-46(20-17-29)39-43-34-14-11-28(33-25-45(5)38(49)36-31(33)15-18-42-36)23-32(34)35(44-39)37(51-30-12-13-30)27-9-7-6-8-10-27/h6-11,14-15,18,23,25-26,29-30,37,42H,12-13,16-17,19-22,24H2,1-5H3. The van der Waals surface area contributed by atoms with Gasteiger partial charge in [0.05, 0.1) is 17.3 Å². The van der Waals surface area contributed by atoms with Gasteiger partial charge in [-0.15, -0.1) is 0 Å². The number of piperazine rings is 1. The molecule has 11 heteroatoms. The summed E-state index contributed by atoms with van der Waals surface area (Å²) >= 11 is 0. The number of hydrogen-bond donors (Lipinski definition) is 1. The number of H-pyrrole nitrogens is 1. The lowest BCUT2D eigenvalue weighted by molar-refractivity contribution is -0.00430. The highest BCUT2D eigenvalue weighted by molar-refractivity contribution is 5.97. The van der Waals surface area contributed by atoms with Crippen molar-refractivity contribution in [3.63, 3.8) is 0 Å². The predicted molar refractivity (Wildman–Crippen MR) is 204 cm³/mol. The molecule has 0 spiro atoms. The van der Waals surface area contributed by atoms with Crippen LogP contribution >= 0.6 is 0 Å². The number of pyridine rings is 1. The fourth-order valence-electron chi connectivity index (χ4n) is 7.88. The van der Waals surface area contributed by atoms with Crippen molar-refractivity contribution in [3.8, 4) is 11.1 Å². The molecule has 1 amide bonds. The Kier molecular flexibility index (Phi) is 9.03. The van der Waals surface area contributed by atoms with E-state index in [0.29, 0.717) is 24.6 Å². The highest BCUT2D eigenvalue weighted by Crippen LogP contribution is 2.39. The van der Waals surface area contributed by atoms with Crippen LogP contribution < -0.4 is 10.5 Å². The van der Waals surface area contributed by atoms with Gasteiger partial charge in [-0.1, -0.05) is 36.4 Å². The van der Waals surface area contributed by atoms with Gasteiger partial charge in [0.25, 0.3) is 5.56 Å². The van der Waals surface area contributed by atoms with Gasteiger partial charge < -0.3 is 28.8 Å². The summed E-state index contributed by atoms with van der Waals surface area (Å²) in [6.45, 7) is 11.8. The van der Waals surface area contributed by atoms with Crippen LogP contribution in [0.4, 0.5) is 10.7 Å². The van der Waals surface area contributed by atoms with Crippen LogP contribution in [0, 0.1) is 0 Å². The Labute approximate surface area is 304 Å². The van der Waals surface area contributed by atoms with Crippen molar-refractivity contribution in [1.82, 2.24) is 29.3 Å². The minimum absolute atomic E-state index is 0.0542. The molecule has 0 radical (unpaired) electrons. The summed E-state index contributed by atoms with van der Waals surface area (Å²) in [5, 5.41) is 1.83. The van der Waals surface area contributed by atoms with Crippen molar-refractivity contribution < 1.29 is 14.3 Å². The molecule has 1 aliphatic carbocycles. The molecular formula is C41H49N7O4. The normalized spacial score (nSPS) is 19.8. The molecule has 5 aromatic rings. The minimum atomic E-state index is -0.499. The number of anilines is 1. The van der Waals surface area contributed by atoms with E-state index in [4.69, 9.17) is 19.4 Å². The fourth-order valence-corrected chi connectivity index (χ4v) is 7.88. The summed E-state index contributed by atoms with van der Waals surface area (Å²) in [6, 6.07) is 19.4. The number of carbonyl (C=O) groups is 1. The van der Waals surface area contributed by atoms with E-state index in [2.05, 4.69) is 64.2 Å². The van der Waals surface area contributed by atoms with Crippen molar-refractivity contribution >= 4 is 33.8 Å². The first-order valence-electron chi connectivity index (χ1n) is 18.7. The molecule has 2 aliphatic heterocycles. The highest BCUT2D eigenvalue weighted by atomic mass is 16.6. The van der Waals surface area contributed by atoms with Crippen LogP contribution in [0.2, 0.25) is 0 Å². The number of ether oxygens (including phenoxy) is 2. The van der Waals surface area contributed by atoms with Gasteiger partial charge in [0.2, 0.25) is 5.95 Å². The van der Waals surface area contributed by atoms with E-state index in [-0.39, 0.29) is 29.9 Å². The van der Waals surface area contributed by atoms with E-state index in [1.54, 1.807) is 11.6 Å². The van der Waals surface area contributed by atoms with E-state index >= 15 is 0 Å². The van der Waals surface area contributed by atoms with Crippen molar-refractivity contribution in [2.75, 3.05) is 37.6 Å². The first kappa shape index (κ1) is 34.4. The molecule has 2 aromatic carbocycles. The number of hydrogen-bond acceptors (Lipinski definition) is 8. The maximum Gasteiger partial charge on any atom is 0.410 e. The van der Waals surface area contributed by atoms with Gasteiger partial charge in [-0.05, 0) is 82.7 Å². The summed E-state index contributed by atoms with van der Waals surface area (Å²) in [4.78, 5) is 46.1. The third-order valence-electron chi connectivity index (χ3n) is 10.7. The summed E-state index contributed by atoms with van der Waals surface area (Å²) in [5.41, 5.74) is 4.80. The van der Waals surface area contributed by atoms with E-state index in [1.165, 1.54) is 0 Å². The number of carbonyl (C=O) groups excluding carboxylic acids is 1. The van der Waals surface area contributed by atoms with Crippen molar-refractivity contribution in [2.45, 2.75) is 83.3 Å². The molecule has 5 heterocycles. The first-order chi connectivity index (χ1) is 25.0. The Balaban J connectivity index is 1.10. The lowest BCUT2D eigenvalue weighted by Gasteiger charge is -2.46. The zero-order valence-electron chi connectivity index (χ0n) is 30.8. The molecule has 2 atom stereocenters.